The number of carbonyl (C=O) groups is 2. The molecule has 0 spiro atoms. The number of ether oxygens (including phenoxy) is 2. The summed E-state index contributed by atoms with van der Waals surface area (Å²) in [6, 6.07) is 15.4. The summed E-state index contributed by atoms with van der Waals surface area (Å²) >= 11 is 0. The van der Waals surface area contributed by atoms with Crippen molar-refractivity contribution in [2.45, 2.75) is 12.3 Å². The first kappa shape index (κ1) is 20.6. The van der Waals surface area contributed by atoms with E-state index >= 15 is 0 Å². The highest BCUT2D eigenvalue weighted by molar-refractivity contribution is 5.91. The molecule has 0 aliphatic carbocycles. The molecule has 0 saturated carbocycles. The maximum atomic E-state index is 13.3. The number of fused-ring (bicyclic) bond motifs is 3. The van der Waals surface area contributed by atoms with Gasteiger partial charge in [-0.1, -0.05) is 24.3 Å². The molecule has 0 unspecified atom stereocenters. The molecule has 2 heterocycles. The van der Waals surface area contributed by atoms with Crippen LogP contribution in [0.4, 0.5) is 4.39 Å². The van der Waals surface area contributed by atoms with E-state index in [1.54, 1.807) is 36.4 Å². The Morgan fingerprint density at radius 1 is 1.00 bits per heavy atom. The van der Waals surface area contributed by atoms with Crippen LogP contribution in [0.1, 0.15) is 33.8 Å². The van der Waals surface area contributed by atoms with Crippen LogP contribution in [-0.4, -0.2) is 19.0 Å². The molecular formula is C26H17FO6. The van der Waals surface area contributed by atoms with E-state index < -0.39 is 23.7 Å². The molecule has 3 aromatic carbocycles. The Morgan fingerprint density at radius 3 is 2.42 bits per heavy atom. The largest absolute Gasteiger partial charge is 0.465 e. The molecule has 1 aliphatic rings. The Bertz CT molecular complexity index is 1450. The van der Waals surface area contributed by atoms with Gasteiger partial charge in [0.05, 0.1) is 30.0 Å². The minimum absolute atomic E-state index is 0.0487. The zero-order valence-electron chi connectivity index (χ0n) is 17.5. The molecule has 0 saturated heterocycles. The summed E-state index contributed by atoms with van der Waals surface area (Å²) in [5.41, 5.74) is 2.60. The van der Waals surface area contributed by atoms with Crippen LogP contribution in [0, 0.1) is 5.82 Å². The highest BCUT2D eigenvalue weighted by atomic mass is 19.1. The van der Waals surface area contributed by atoms with Gasteiger partial charge in [0.15, 0.2) is 0 Å². The Morgan fingerprint density at radius 2 is 1.73 bits per heavy atom. The molecule has 0 amide bonds. The molecule has 0 radical (unpaired) electrons. The van der Waals surface area contributed by atoms with Crippen LogP contribution in [0.3, 0.4) is 0 Å². The van der Waals surface area contributed by atoms with E-state index in [2.05, 4.69) is 0 Å². The normalized spacial score (nSPS) is 15.1. The van der Waals surface area contributed by atoms with Crippen molar-refractivity contribution < 1.29 is 27.9 Å². The maximum Gasteiger partial charge on any atom is 0.337 e. The summed E-state index contributed by atoms with van der Waals surface area (Å²) in [5, 5.41) is 0.324. The Kier molecular flexibility index (Phi) is 5.01. The minimum atomic E-state index is -0.463. The predicted octanol–water partition coefficient (Wildman–Crippen LogP) is 4.83. The van der Waals surface area contributed by atoms with Crippen molar-refractivity contribution in [1.29, 1.82) is 0 Å². The van der Waals surface area contributed by atoms with E-state index in [1.807, 2.05) is 0 Å². The first-order valence-corrected chi connectivity index (χ1v) is 10.2. The first-order valence-electron chi connectivity index (χ1n) is 10.2. The Balaban J connectivity index is 1.66. The van der Waals surface area contributed by atoms with Crippen LogP contribution < -0.4 is 10.2 Å². The zero-order chi connectivity index (χ0) is 23.1. The van der Waals surface area contributed by atoms with Gasteiger partial charge in [-0.25, -0.2) is 9.18 Å². The van der Waals surface area contributed by atoms with Gasteiger partial charge in [-0.15, -0.1) is 0 Å². The molecule has 0 bridgehead atoms. The van der Waals surface area contributed by atoms with Gasteiger partial charge < -0.3 is 13.9 Å². The molecule has 1 aromatic heterocycles. The lowest BCUT2D eigenvalue weighted by molar-refractivity contribution is -0.135. The molecular weight excluding hydrogens is 427 g/mol. The fraction of sp³-hybridized carbons (Fsp3) is 0.115. The smallest absolute Gasteiger partial charge is 0.337 e. The third-order valence-corrected chi connectivity index (χ3v) is 5.77. The molecule has 5 rings (SSSR count). The van der Waals surface area contributed by atoms with Crippen molar-refractivity contribution in [2.24, 2.45) is 0 Å². The van der Waals surface area contributed by atoms with Gasteiger partial charge >= 0.3 is 11.9 Å². The van der Waals surface area contributed by atoms with Crippen LogP contribution in [0.25, 0.3) is 22.1 Å². The zero-order valence-corrected chi connectivity index (χ0v) is 17.5. The third-order valence-electron chi connectivity index (χ3n) is 5.77. The van der Waals surface area contributed by atoms with E-state index in [1.165, 1.54) is 37.6 Å². The van der Waals surface area contributed by atoms with Crippen LogP contribution in [0.5, 0.6) is 5.75 Å². The third kappa shape index (κ3) is 3.57. The van der Waals surface area contributed by atoms with Crippen LogP contribution in [0.15, 0.2) is 76.1 Å². The van der Waals surface area contributed by atoms with Crippen LogP contribution in [0.2, 0.25) is 0 Å². The minimum Gasteiger partial charge on any atom is -0.465 e. The summed E-state index contributed by atoms with van der Waals surface area (Å²) in [4.78, 5) is 37.3. The second-order valence-electron chi connectivity index (χ2n) is 7.68. The standard InChI is InChI=1S/C26H17FO6/c1-31-26(30)16-4-2-14(3-5-16)19-12-22(28)33-21-11-10-18-24(29)20(13-32-25(18)23(19)21)15-6-8-17(27)9-7-15/h2-11,13,19H,12H2,1H3/t19-/m0/s1. The number of esters is 2. The van der Waals surface area contributed by atoms with Crippen molar-refractivity contribution in [1.82, 2.24) is 0 Å². The second-order valence-corrected chi connectivity index (χ2v) is 7.68. The lowest BCUT2D eigenvalue weighted by Gasteiger charge is -2.25. The summed E-state index contributed by atoms with van der Waals surface area (Å²) in [7, 11) is 1.30. The number of benzene rings is 3. The predicted molar refractivity (Wildman–Crippen MR) is 118 cm³/mol. The Labute approximate surface area is 187 Å². The molecule has 0 fully saturated rings. The molecule has 0 N–H and O–H groups in total. The number of halogens is 1. The van der Waals surface area contributed by atoms with Crippen LogP contribution >= 0.6 is 0 Å². The average Bonchev–Trinajstić information content (AvgIpc) is 2.83. The number of hydrogen-bond donors (Lipinski definition) is 0. The lowest BCUT2D eigenvalue weighted by Crippen LogP contribution is -2.22. The number of rotatable bonds is 3. The summed E-state index contributed by atoms with van der Waals surface area (Å²) in [5.74, 6) is -1.39. The summed E-state index contributed by atoms with van der Waals surface area (Å²) in [6.45, 7) is 0. The van der Waals surface area contributed by atoms with E-state index in [0.29, 0.717) is 39.0 Å². The quantitative estimate of drug-likeness (QED) is 0.333. The SMILES string of the molecule is COC(=O)c1ccc([C@@H]2CC(=O)Oc3ccc4c(=O)c(-c5ccc(F)cc5)coc4c32)cc1. The molecule has 1 atom stereocenters. The van der Waals surface area contributed by atoms with Gasteiger partial charge in [0.2, 0.25) is 5.43 Å². The summed E-state index contributed by atoms with van der Waals surface area (Å²) in [6.07, 6.45) is 1.39. The highest BCUT2D eigenvalue weighted by Crippen LogP contribution is 2.42. The second kappa shape index (κ2) is 8.02. The first-order chi connectivity index (χ1) is 16.0. The Hall–Kier alpha value is -4.26. The van der Waals surface area contributed by atoms with E-state index in [-0.39, 0.29) is 11.8 Å². The molecule has 6 nitrogen and oxygen atoms in total. The molecule has 4 aromatic rings. The average molecular weight is 444 g/mol. The number of hydrogen-bond acceptors (Lipinski definition) is 6. The maximum absolute atomic E-state index is 13.3. The summed E-state index contributed by atoms with van der Waals surface area (Å²) < 4.78 is 29.4. The molecule has 1 aliphatic heterocycles. The molecule has 7 heteroatoms. The highest BCUT2D eigenvalue weighted by Gasteiger charge is 2.32. The van der Waals surface area contributed by atoms with Crippen molar-refractivity contribution in [3.05, 3.63) is 99.7 Å². The van der Waals surface area contributed by atoms with Crippen molar-refractivity contribution in [3.63, 3.8) is 0 Å². The monoisotopic (exact) mass is 444 g/mol. The van der Waals surface area contributed by atoms with E-state index in [4.69, 9.17) is 13.9 Å². The van der Waals surface area contributed by atoms with Gasteiger partial charge in [-0.05, 0) is 47.5 Å². The molecule has 164 valence electrons. The fourth-order valence-electron chi connectivity index (χ4n) is 4.14. The van der Waals surface area contributed by atoms with Gasteiger partial charge in [-0.2, -0.15) is 0 Å². The topological polar surface area (TPSA) is 82.8 Å². The van der Waals surface area contributed by atoms with E-state index in [0.717, 1.165) is 5.56 Å². The van der Waals surface area contributed by atoms with Crippen LogP contribution in [-0.2, 0) is 9.53 Å². The van der Waals surface area contributed by atoms with Crippen molar-refractivity contribution in [2.75, 3.05) is 7.11 Å². The number of carbonyl (C=O) groups excluding carboxylic acids is 2. The van der Waals surface area contributed by atoms with Gasteiger partial charge in [0.25, 0.3) is 0 Å². The number of methoxy groups -OCH3 is 1. The van der Waals surface area contributed by atoms with E-state index in [9.17, 15) is 18.8 Å². The molecule has 33 heavy (non-hydrogen) atoms. The van der Waals surface area contributed by atoms with Gasteiger partial charge in [0.1, 0.15) is 23.4 Å². The van der Waals surface area contributed by atoms with Gasteiger partial charge in [0, 0.05) is 11.5 Å². The van der Waals surface area contributed by atoms with Crippen molar-refractivity contribution >= 4 is 22.9 Å². The van der Waals surface area contributed by atoms with Crippen molar-refractivity contribution in [3.8, 4) is 16.9 Å². The lowest BCUT2D eigenvalue weighted by atomic mass is 9.85. The van der Waals surface area contributed by atoms with Gasteiger partial charge in [-0.3, -0.25) is 9.59 Å². The fourth-order valence-corrected chi connectivity index (χ4v) is 4.14.